The SMILES string of the molecule is CNC1CC2(CC(C)C2)Oc2ccc(Cl)cc21. The molecule has 1 N–H and O–H groups in total. The van der Waals surface area contributed by atoms with Gasteiger partial charge in [0.1, 0.15) is 11.4 Å². The van der Waals surface area contributed by atoms with Crippen LogP contribution in [0.4, 0.5) is 0 Å². The summed E-state index contributed by atoms with van der Waals surface area (Å²) in [5, 5.41) is 4.17. The van der Waals surface area contributed by atoms with Crippen molar-refractivity contribution in [2.75, 3.05) is 7.05 Å². The van der Waals surface area contributed by atoms with E-state index >= 15 is 0 Å². The van der Waals surface area contributed by atoms with Gasteiger partial charge in [-0.25, -0.2) is 0 Å². The van der Waals surface area contributed by atoms with Crippen LogP contribution < -0.4 is 10.1 Å². The van der Waals surface area contributed by atoms with Crippen LogP contribution in [0.2, 0.25) is 5.02 Å². The lowest BCUT2D eigenvalue weighted by Crippen LogP contribution is -2.52. The minimum absolute atomic E-state index is 0.0773. The van der Waals surface area contributed by atoms with Crippen LogP contribution in [-0.4, -0.2) is 12.6 Å². The zero-order valence-corrected chi connectivity index (χ0v) is 11.1. The fourth-order valence-electron chi connectivity index (χ4n) is 3.36. The van der Waals surface area contributed by atoms with Gasteiger partial charge in [0.2, 0.25) is 0 Å². The van der Waals surface area contributed by atoms with Crippen LogP contribution in [-0.2, 0) is 0 Å². The number of hydrogen-bond acceptors (Lipinski definition) is 2. The predicted octanol–water partition coefficient (Wildman–Crippen LogP) is 3.55. The van der Waals surface area contributed by atoms with Crippen molar-refractivity contribution in [1.82, 2.24) is 5.32 Å². The van der Waals surface area contributed by atoms with E-state index in [1.165, 1.54) is 18.4 Å². The Morgan fingerprint density at radius 3 is 2.76 bits per heavy atom. The van der Waals surface area contributed by atoms with Crippen molar-refractivity contribution < 1.29 is 4.74 Å². The Balaban J connectivity index is 1.95. The molecule has 2 aliphatic rings. The molecule has 0 amide bonds. The Hall–Kier alpha value is -0.730. The first-order valence-corrected chi connectivity index (χ1v) is 6.65. The van der Waals surface area contributed by atoms with Crippen molar-refractivity contribution in [3.63, 3.8) is 0 Å². The summed E-state index contributed by atoms with van der Waals surface area (Å²) in [6.45, 7) is 2.29. The molecule has 0 radical (unpaired) electrons. The summed E-state index contributed by atoms with van der Waals surface area (Å²) in [7, 11) is 2.01. The van der Waals surface area contributed by atoms with E-state index in [1.807, 2.05) is 25.2 Å². The van der Waals surface area contributed by atoms with Gasteiger partial charge in [-0.05, 0) is 44.0 Å². The first kappa shape index (κ1) is 11.4. The van der Waals surface area contributed by atoms with E-state index in [1.54, 1.807) is 0 Å². The monoisotopic (exact) mass is 251 g/mol. The first-order chi connectivity index (χ1) is 8.12. The standard InChI is InChI=1S/C14H18ClNO/c1-9-6-14(7-9)8-12(16-2)11-5-10(15)3-4-13(11)17-14/h3-5,9,12,16H,6-8H2,1-2H3. The molecular weight excluding hydrogens is 234 g/mol. The van der Waals surface area contributed by atoms with Gasteiger partial charge < -0.3 is 10.1 Å². The predicted molar refractivity (Wildman–Crippen MR) is 69.6 cm³/mol. The summed E-state index contributed by atoms with van der Waals surface area (Å²) in [6, 6.07) is 6.30. The van der Waals surface area contributed by atoms with E-state index in [9.17, 15) is 0 Å². The van der Waals surface area contributed by atoms with Crippen LogP contribution in [0, 0.1) is 5.92 Å². The van der Waals surface area contributed by atoms with Crippen LogP contribution in [0.25, 0.3) is 0 Å². The topological polar surface area (TPSA) is 21.3 Å². The Kier molecular flexibility index (Phi) is 2.60. The molecule has 0 aromatic heterocycles. The van der Waals surface area contributed by atoms with Crippen molar-refractivity contribution in [1.29, 1.82) is 0 Å². The van der Waals surface area contributed by atoms with Gasteiger partial charge in [0.15, 0.2) is 0 Å². The fraction of sp³-hybridized carbons (Fsp3) is 0.571. The second-order valence-corrected chi connectivity index (χ2v) is 5.96. The molecule has 1 heterocycles. The van der Waals surface area contributed by atoms with Gasteiger partial charge >= 0.3 is 0 Å². The molecule has 2 nitrogen and oxygen atoms in total. The number of fused-ring (bicyclic) bond motifs is 1. The summed E-state index contributed by atoms with van der Waals surface area (Å²) in [4.78, 5) is 0. The molecule has 1 atom stereocenters. The molecule has 1 unspecified atom stereocenters. The lowest BCUT2D eigenvalue weighted by molar-refractivity contribution is -0.0683. The van der Waals surface area contributed by atoms with Crippen molar-refractivity contribution in [3.8, 4) is 5.75 Å². The average Bonchev–Trinajstić information content (AvgIpc) is 2.27. The Morgan fingerprint density at radius 1 is 1.35 bits per heavy atom. The van der Waals surface area contributed by atoms with Crippen LogP contribution in [0.5, 0.6) is 5.75 Å². The number of rotatable bonds is 1. The van der Waals surface area contributed by atoms with Gasteiger partial charge in [0, 0.05) is 23.0 Å². The zero-order valence-electron chi connectivity index (χ0n) is 10.3. The Labute approximate surface area is 107 Å². The Bertz CT molecular complexity index is 440. The Morgan fingerprint density at radius 2 is 2.12 bits per heavy atom. The van der Waals surface area contributed by atoms with Crippen LogP contribution in [0.15, 0.2) is 18.2 Å². The number of nitrogens with one attached hydrogen (secondary N) is 1. The summed E-state index contributed by atoms with van der Waals surface area (Å²) >= 11 is 6.06. The lowest BCUT2D eigenvalue weighted by atomic mass is 9.67. The van der Waals surface area contributed by atoms with E-state index < -0.39 is 0 Å². The lowest BCUT2D eigenvalue weighted by Gasteiger charge is -2.51. The van der Waals surface area contributed by atoms with Crippen LogP contribution >= 0.6 is 11.6 Å². The van der Waals surface area contributed by atoms with Gasteiger partial charge in [0.25, 0.3) is 0 Å². The summed E-state index contributed by atoms with van der Waals surface area (Å²) in [5.41, 5.74) is 1.28. The second kappa shape index (κ2) is 3.89. The van der Waals surface area contributed by atoms with E-state index in [0.717, 1.165) is 23.1 Å². The zero-order chi connectivity index (χ0) is 12.0. The van der Waals surface area contributed by atoms with Gasteiger partial charge in [0.05, 0.1) is 0 Å². The summed E-state index contributed by atoms with van der Waals surface area (Å²) < 4.78 is 6.21. The number of ether oxygens (including phenoxy) is 1. The maximum Gasteiger partial charge on any atom is 0.125 e. The molecule has 0 bridgehead atoms. The van der Waals surface area contributed by atoms with Crippen molar-refractivity contribution in [2.45, 2.75) is 37.8 Å². The maximum absolute atomic E-state index is 6.21. The fourth-order valence-corrected chi connectivity index (χ4v) is 3.54. The van der Waals surface area contributed by atoms with E-state index in [-0.39, 0.29) is 5.60 Å². The number of halogens is 1. The van der Waals surface area contributed by atoms with Gasteiger partial charge in [-0.15, -0.1) is 0 Å². The molecule has 1 aromatic carbocycles. The molecule has 92 valence electrons. The third-order valence-electron chi connectivity index (χ3n) is 4.04. The number of hydrogen-bond donors (Lipinski definition) is 1. The highest BCUT2D eigenvalue weighted by atomic mass is 35.5. The van der Waals surface area contributed by atoms with Crippen molar-refractivity contribution in [2.24, 2.45) is 5.92 Å². The molecule has 1 spiro atoms. The van der Waals surface area contributed by atoms with Crippen molar-refractivity contribution >= 4 is 11.6 Å². The number of benzene rings is 1. The minimum atomic E-state index is 0.0773. The highest BCUT2D eigenvalue weighted by Gasteiger charge is 2.48. The van der Waals surface area contributed by atoms with E-state index in [0.29, 0.717) is 6.04 Å². The molecular formula is C14H18ClNO. The molecule has 3 heteroatoms. The van der Waals surface area contributed by atoms with E-state index in [2.05, 4.69) is 12.2 Å². The van der Waals surface area contributed by atoms with Gasteiger partial charge in [-0.1, -0.05) is 18.5 Å². The smallest absolute Gasteiger partial charge is 0.125 e. The normalized spacial score (nSPS) is 35.0. The first-order valence-electron chi connectivity index (χ1n) is 6.28. The van der Waals surface area contributed by atoms with E-state index in [4.69, 9.17) is 16.3 Å². The highest BCUT2D eigenvalue weighted by molar-refractivity contribution is 6.30. The van der Waals surface area contributed by atoms with Crippen LogP contribution in [0.1, 0.15) is 37.8 Å². The van der Waals surface area contributed by atoms with Crippen LogP contribution in [0.3, 0.4) is 0 Å². The molecule has 3 rings (SSSR count). The average molecular weight is 252 g/mol. The highest BCUT2D eigenvalue weighted by Crippen LogP contribution is 2.51. The molecule has 1 aromatic rings. The summed E-state index contributed by atoms with van der Waals surface area (Å²) in [5.74, 6) is 1.80. The quantitative estimate of drug-likeness (QED) is 0.824. The summed E-state index contributed by atoms with van der Waals surface area (Å²) in [6.07, 6.45) is 3.40. The van der Waals surface area contributed by atoms with Crippen molar-refractivity contribution in [3.05, 3.63) is 28.8 Å². The molecule has 1 saturated carbocycles. The molecule has 0 saturated heterocycles. The maximum atomic E-state index is 6.21. The molecule has 1 fully saturated rings. The second-order valence-electron chi connectivity index (χ2n) is 5.53. The third kappa shape index (κ3) is 1.84. The third-order valence-corrected chi connectivity index (χ3v) is 4.27. The molecule has 1 aliphatic carbocycles. The largest absolute Gasteiger partial charge is 0.487 e. The molecule has 1 aliphatic heterocycles. The molecule has 17 heavy (non-hydrogen) atoms. The van der Waals surface area contributed by atoms with Gasteiger partial charge in [-0.3, -0.25) is 0 Å². The van der Waals surface area contributed by atoms with Gasteiger partial charge in [-0.2, -0.15) is 0 Å². The minimum Gasteiger partial charge on any atom is -0.487 e.